The molecule has 1 fully saturated rings. The van der Waals surface area contributed by atoms with Crippen LogP contribution in [0.25, 0.3) is 16.5 Å². The summed E-state index contributed by atoms with van der Waals surface area (Å²) < 4.78 is 28.4. The summed E-state index contributed by atoms with van der Waals surface area (Å²) in [4.78, 5) is 22.1. The number of aromatic amines is 2. The van der Waals surface area contributed by atoms with Crippen molar-refractivity contribution in [1.29, 1.82) is 0 Å². The summed E-state index contributed by atoms with van der Waals surface area (Å²) in [6, 6.07) is 4.98. The van der Waals surface area contributed by atoms with Crippen LogP contribution in [0.1, 0.15) is 72.4 Å². The molecule has 3 aromatic rings. The van der Waals surface area contributed by atoms with Crippen molar-refractivity contribution in [2.75, 3.05) is 39.3 Å². The third-order valence-corrected chi connectivity index (χ3v) is 10.0. The minimum atomic E-state index is -3.63. The Morgan fingerprint density at radius 1 is 1.13 bits per heavy atom. The number of nitrogens with one attached hydrogen (secondary N) is 3. The topological polar surface area (TPSA) is 122 Å². The van der Waals surface area contributed by atoms with Gasteiger partial charge in [0.2, 0.25) is 10.0 Å². The minimum Gasteiger partial charge on any atom is -0.494 e. The number of rotatable bonds is 9. The molecule has 0 unspecified atom stereocenters. The van der Waals surface area contributed by atoms with Gasteiger partial charge in [0, 0.05) is 48.3 Å². The largest absolute Gasteiger partial charge is 0.494 e. The molecule has 210 valence electrons. The zero-order valence-electron chi connectivity index (χ0n) is 23.1. The first-order valence-electron chi connectivity index (χ1n) is 14.0. The second-order valence-corrected chi connectivity index (χ2v) is 12.4. The van der Waals surface area contributed by atoms with E-state index in [2.05, 4.69) is 40.1 Å². The molecule has 0 radical (unpaired) electrons. The minimum absolute atomic E-state index is 0.0194. The summed E-state index contributed by atoms with van der Waals surface area (Å²) in [6.45, 7) is 10.4. The number of aromatic nitrogens is 2. The molecular formula is C29H39N5O4S. The molecule has 3 heterocycles. The molecular weight excluding hydrogens is 514 g/mol. The second kappa shape index (κ2) is 11.2. The number of likely N-dealkylation sites (N-methyl/N-ethyl adjacent to an activating group) is 1. The molecule has 1 aliphatic heterocycles. The van der Waals surface area contributed by atoms with Gasteiger partial charge in [-0.3, -0.25) is 4.79 Å². The zero-order valence-corrected chi connectivity index (χ0v) is 23.9. The number of allylic oxidation sites excluding steroid dienone is 1. The molecule has 0 atom stereocenters. The molecule has 5 rings (SSSR count). The van der Waals surface area contributed by atoms with Gasteiger partial charge in [-0.25, -0.2) is 8.42 Å². The van der Waals surface area contributed by atoms with Crippen LogP contribution >= 0.6 is 0 Å². The average molecular weight is 554 g/mol. The Bertz CT molecular complexity index is 1510. The van der Waals surface area contributed by atoms with Crippen LogP contribution < -0.4 is 5.32 Å². The lowest BCUT2D eigenvalue weighted by molar-refractivity contribution is 0.0947. The highest BCUT2D eigenvalue weighted by atomic mass is 32.2. The number of fused-ring (bicyclic) bond motifs is 2. The summed E-state index contributed by atoms with van der Waals surface area (Å²) >= 11 is 0. The number of carbonyl (C=O) groups is 1. The van der Waals surface area contributed by atoms with Crippen molar-refractivity contribution in [2.45, 2.75) is 57.8 Å². The van der Waals surface area contributed by atoms with Gasteiger partial charge in [0.1, 0.15) is 0 Å². The van der Waals surface area contributed by atoms with Gasteiger partial charge in [0.05, 0.1) is 21.7 Å². The summed E-state index contributed by atoms with van der Waals surface area (Å²) in [5.41, 5.74) is 5.15. The van der Waals surface area contributed by atoms with Crippen molar-refractivity contribution in [3.8, 4) is 5.88 Å². The smallest absolute Gasteiger partial charge is 0.253 e. The molecule has 1 saturated heterocycles. The number of sulfonamides is 1. The van der Waals surface area contributed by atoms with Gasteiger partial charge < -0.3 is 25.3 Å². The Hall–Kier alpha value is -3.08. The predicted octanol–water partition coefficient (Wildman–Crippen LogP) is 4.13. The van der Waals surface area contributed by atoms with E-state index in [1.807, 2.05) is 6.92 Å². The average Bonchev–Trinajstić information content (AvgIpc) is 3.46. The van der Waals surface area contributed by atoms with E-state index in [0.717, 1.165) is 61.4 Å². The van der Waals surface area contributed by atoms with E-state index in [-0.39, 0.29) is 16.7 Å². The normalized spacial score (nSPS) is 16.5. The Morgan fingerprint density at radius 3 is 2.59 bits per heavy atom. The molecule has 1 aliphatic carbocycles. The summed E-state index contributed by atoms with van der Waals surface area (Å²) in [5.74, 6) is -0.120. The van der Waals surface area contributed by atoms with Crippen LogP contribution in [0.5, 0.6) is 5.88 Å². The van der Waals surface area contributed by atoms with Crippen LogP contribution in [-0.2, 0) is 16.4 Å². The van der Waals surface area contributed by atoms with E-state index in [0.29, 0.717) is 54.5 Å². The molecule has 1 amide bonds. The van der Waals surface area contributed by atoms with Gasteiger partial charge in [0.25, 0.3) is 5.91 Å². The summed E-state index contributed by atoms with van der Waals surface area (Å²) in [6.07, 6.45) is 6.24. The fraction of sp³-hybridized carbons (Fsp3) is 0.483. The monoisotopic (exact) mass is 553 g/mol. The molecule has 9 nitrogen and oxygen atoms in total. The van der Waals surface area contributed by atoms with E-state index in [9.17, 15) is 18.3 Å². The van der Waals surface area contributed by atoms with Crippen LogP contribution in [0.4, 0.5) is 0 Å². The van der Waals surface area contributed by atoms with Gasteiger partial charge in [-0.05, 0) is 69.5 Å². The lowest BCUT2D eigenvalue weighted by Gasteiger charge is -2.25. The van der Waals surface area contributed by atoms with Crippen molar-refractivity contribution >= 4 is 32.4 Å². The molecule has 4 N–H and O–H groups in total. The van der Waals surface area contributed by atoms with Crippen molar-refractivity contribution in [3.05, 3.63) is 52.4 Å². The van der Waals surface area contributed by atoms with Crippen LogP contribution in [0.3, 0.4) is 0 Å². The van der Waals surface area contributed by atoms with Crippen LogP contribution in [0.15, 0.2) is 29.2 Å². The Morgan fingerprint density at radius 2 is 1.87 bits per heavy atom. The first kappa shape index (κ1) is 27.5. The van der Waals surface area contributed by atoms with Crippen molar-refractivity contribution in [3.63, 3.8) is 0 Å². The molecule has 2 aromatic heterocycles. The number of H-pyrrole nitrogens is 2. The number of hydrogen-bond donors (Lipinski definition) is 4. The highest BCUT2D eigenvalue weighted by Crippen LogP contribution is 2.42. The first-order valence-corrected chi connectivity index (χ1v) is 15.5. The maximum Gasteiger partial charge on any atom is 0.253 e. The quantitative estimate of drug-likeness (QED) is 0.317. The van der Waals surface area contributed by atoms with Gasteiger partial charge in [-0.2, -0.15) is 4.31 Å². The Kier molecular flexibility index (Phi) is 7.89. The van der Waals surface area contributed by atoms with Crippen LogP contribution in [0.2, 0.25) is 0 Å². The van der Waals surface area contributed by atoms with E-state index in [4.69, 9.17) is 0 Å². The van der Waals surface area contributed by atoms with Crippen molar-refractivity contribution in [1.82, 2.24) is 24.5 Å². The SMILES string of the molecule is CCN(CC)CCNC(=O)c1c(C)[nH]c2c1CCC=C2c1c(O)[nH]c2ccc(S(=O)(=O)N3CCCCC3)cc12. The predicted molar refractivity (Wildman–Crippen MR) is 154 cm³/mol. The third kappa shape index (κ3) is 5.13. The number of aromatic hydroxyl groups is 1. The molecule has 0 spiro atoms. The number of amides is 1. The number of benzene rings is 1. The van der Waals surface area contributed by atoms with E-state index < -0.39 is 10.0 Å². The van der Waals surface area contributed by atoms with Crippen LogP contribution in [0, 0.1) is 6.92 Å². The summed E-state index contributed by atoms with van der Waals surface area (Å²) in [7, 11) is -3.63. The van der Waals surface area contributed by atoms with Gasteiger partial charge in [-0.15, -0.1) is 0 Å². The first-order chi connectivity index (χ1) is 18.8. The molecule has 2 aliphatic rings. The molecule has 0 bridgehead atoms. The number of carbonyl (C=O) groups excluding carboxylic acids is 1. The number of hydrogen-bond acceptors (Lipinski definition) is 5. The van der Waals surface area contributed by atoms with Crippen LogP contribution in [-0.4, -0.2) is 77.9 Å². The molecule has 10 heteroatoms. The molecule has 1 aromatic carbocycles. The molecule has 0 saturated carbocycles. The number of aryl methyl sites for hydroxylation is 1. The number of piperidine rings is 1. The Balaban J connectivity index is 1.49. The van der Waals surface area contributed by atoms with E-state index in [1.165, 1.54) is 0 Å². The molecule has 39 heavy (non-hydrogen) atoms. The highest BCUT2D eigenvalue weighted by Gasteiger charge is 2.30. The lowest BCUT2D eigenvalue weighted by atomic mass is 9.89. The van der Waals surface area contributed by atoms with E-state index in [1.54, 1.807) is 22.5 Å². The Labute approximate surface area is 230 Å². The van der Waals surface area contributed by atoms with Gasteiger partial charge in [-0.1, -0.05) is 26.3 Å². The zero-order chi connectivity index (χ0) is 27.7. The fourth-order valence-electron chi connectivity index (χ4n) is 5.95. The third-order valence-electron chi connectivity index (χ3n) is 8.11. The maximum absolute atomic E-state index is 13.4. The van der Waals surface area contributed by atoms with Crippen molar-refractivity contribution in [2.24, 2.45) is 0 Å². The lowest BCUT2D eigenvalue weighted by Crippen LogP contribution is -2.35. The highest BCUT2D eigenvalue weighted by molar-refractivity contribution is 7.89. The second-order valence-electron chi connectivity index (χ2n) is 10.4. The van der Waals surface area contributed by atoms with Gasteiger partial charge in [0.15, 0.2) is 5.88 Å². The standard InChI is InChI=1S/C29H39N5O4S/c1-4-33(5-2)17-14-30-28(35)25-19(3)31-27-21(25)10-9-11-22(27)26-23-18-20(12-13-24(23)32-29(26)36)39(37,38)34-15-7-6-8-16-34/h11-13,18,31-32,36H,4-10,14-17H2,1-3H3,(H,30,35). The van der Waals surface area contributed by atoms with Gasteiger partial charge >= 0.3 is 0 Å². The number of nitrogens with zero attached hydrogens (tertiary/aromatic N) is 2. The summed E-state index contributed by atoms with van der Waals surface area (Å²) in [5, 5.41) is 14.7. The van der Waals surface area contributed by atoms with Crippen molar-refractivity contribution < 1.29 is 18.3 Å². The maximum atomic E-state index is 13.4. The fourth-order valence-corrected chi connectivity index (χ4v) is 7.50. The van der Waals surface area contributed by atoms with E-state index >= 15 is 0 Å².